The zero-order valence-corrected chi connectivity index (χ0v) is 17.4. The lowest BCUT2D eigenvalue weighted by Gasteiger charge is -2.44. The van der Waals surface area contributed by atoms with E-state index < -0.39 is 14.6 Å². The maximum Gasteiger partial charge on any atom is 0.193 e. The normalized spacial score (nSPS) is 22.7. The van der Waals surface area contributed by atoms with Crippen molar-refractivity contribution in [2.24, 2.45) is 10.4 Å². The summed E-state index contributed by atoms with van der Waals surface area (Å²) in [5.41, 5.74) is 0.448. The number of piperidine rings is 1. The van der Waals surface area contributed by atoms with Crippen LogP contribution in [0.2, 0.25) is 0 Å². The van der Waals surface area contributed by atoms with E-state index in [9.17, 15) is 8.42 Å². The van der Waals surface area contributed by atoms with Crippen LogP contribution in [0.5, 0.6) is 0 Å². The van der Waals surface area contributed by atoms with E-state index >= 15 is 0 Å². The van der Waals surface area contributed by atoms with Gasteiger partial charge in [-0.2, -0.15) is 0 Å². The molecule has 25 heavy (non-hydrogen) atoms. The summed E-state index contributed by atoms with van der Waals surface area (Å²) in [6.45, 7) is 7.80. The van der Waals surface area contributed by atoms with Crippen LogP contribution in [0.3, 0.4) is 0 Å². The Balaban J connectivity index is 1.94. The molecule has 1 aliphatic carbocycles. The summed E-state index contributed by atoms with van der Waals surface area (Å²) >= 11 is 0. The van der Waals surface area contributed by atoms with Crippen molar-refractivity contribution >= 4 is 15.8 Å². The van der Waals surface area contributed by atoms with Gasteiger partial charge in [-0.1, -0.05) is 25.7 Å². The number of rotatable bonds is 3. The SMILES string of the molecule is CN=C(NCCS(=O)(=O)C(C)(C)C)N1CCCC2(CCCCCC2)C1. The van der Waals surface area contributed by atoms with Gasteiger partial charge in [0.15, 0.2) is 15.8 Å². The van der Waals surface area contributed by atoms with Gasteiger partial charge >= 0.3 is 0 Å². The van der Waals surface area contributed by atoms with Crippen LogP contribution < -0.4 is 5.32 Å². The first-order valence-corrected chi connectivity index (χ1v) is 11.5. The highest BCUT2D eigenvalue weighted by molar-refractivity contribution is 7.92. The predicted octanol–water partition coefficient (Wildman–Crippen LogP) is 3.21. The van der Waals surface area contributed by atoms with Crippen LogP contribution in [-0.4, -0.2) is 56.5 Å². The number of hydrogen-bond donors (Lipinski definition) is 1. The van der Waals surface area contributed by atoms with Gasteiger partial charge in [-0.3, -0.25) is 4.99 Å². The number of likely N-dealkylation sites (tertiary alicyclic amines) is 1. The number of guanidine groups is 1. The van der Waals surface area contributed by atoms with Gasteiger partial charge in [-0.05, 0) is 51.9 Å². The summed E-state index contributed by atoms with van der Waals surface area (Å²) in [6.07, 6.45) is 10.7. The second kappa shape index (κ2) is 8.28. The first-order chi connectivity index (χ1) is 11.7. The minimum Gasteiger partial charge on any atom is -0.355 e. The Hall–Kier alpha value is -0.780. The van der Waals surface area contributed by atoms with E-state index in [4.69, 9.17) is 0 Å². The molecule has 0 aromatic rings. The molecular weight excluding hydrogens is 334 g/mol. The highest BCUT2D eigenvalue weighted by Gasteiger charge is 2.36. The van der Waals surface area contributed by atoms with E-state index in [2.05, 4.69) is 15.2 Å². The van der Waals surface area contributed by atoms with E-state index in [-0.39, 0.29) is 5.75 Å². The Morgan fingerprint density at radius 2 is 1.68 bits per heavy atom. The van der Waals surface area contributed by atoms with Crippen LogP contribution in [-0.2, 0) is 9.84 Å². The molecule has 0 bridgehead atoms. The molecule has 0 aromatic heterocycles. The van der Waals surface area contributed by atoms with Gasteiger partial charge in [-0.15, -0.1) is 0 Å². The van der Waals surface area contributed by atoms with Crippen LogP contribution in [0.1, 0.15) is 72.1 Å². The molecule has 2 aliphatic rings. The van der Waals surface area contributed by atoms with Crippen molar-refractivity contribution < 1.29 is 8.42 Å². The van der Waals surface area contributed by atoms with E-state index in [1.807, 2.05) is 0 Å². The highest BCUT2D eigenvalue weighted by Crippen LogP contribution is 2.42. The molecule has 5 nitrogen and oxygen atoms in total. The van der Waals surface area contributed by atoms with E-state index in [0.29, 0.717) is 12.0 Å². The van der Waals surface area contributed by atoms with Crippen molar-refractivity contribution in [2.45, 2.75) is 76.9 Å². The van der Waals surface area contributed by atoms with Gasteiger partial charge < -0.3 is 10.2 Å². The third-order valence-corrected chi connectivity index (χ3v) is 8.53. The fourth-order valence-corrected chi connectivity index (χ4v) is 5.19. The van der Waals surface area contributed by atoms with Gasteiger partial charge in [0.1, 0.15) is 0 Å². The fraction of sp³-hybridized carbons (Fsp3) is 0.947. The van der Waals surface area contributed by atoms with Crippen LogP contribution in [0, 0.1) is 5.41 Å². The first kappa shape index (κ1) is 20.5. The lowest BCUT2D eigenvalue weighted by Crippen LogP contribution is -2.51. The Bertz CT molecular complexity index is 556. The molecule has 1 saturated carbocycles. The second-order valence-electron chi connectivity index (χ2n) is 8.84. The molecule has 0 atom stereocenters. The summed E-state index contributed by atoms with van der Waals surface area (Å²) in [4.78, 5) is 6.79. The molecule has 1 N–H and O–H groups in total. The molecule has 2 rings (SSSR count). The molecule has 0 unspecified atom stereocenters. The third-order valence-electron chi connectivity index (χ3n) is 5.92. The quantitative estimate of drug-likeness (QED) is 0.611. The molecule has 0 radical (unpaired) electrons. The van der Waals surface area contributed by atoms with Crippen molar-refractivity contribution in [3.05, 3.63) is 0 Å². The second-order valence-corrected chi connectivity index (χ2v) is 11.7. The first-order valence-electron chi connectivity index (χ1n) is 9.87. The molecule has 1 saturated heterocycles. The average Bonchev–Trinajstić information content (AvgIpc) is 2.76. The predicted molar refractivity (Wildman–Crippen MR) is 106 cm³/mol. The topological polar surface area (TPSA) is 61.8 Å². The lowest BCUT2D eigenvalue weighted by molar-refractivity contribution is 0.115. The largest absolute Gasteiger partial charge is 0.355 e. The smallest absolute Gasteiger partial charge is 0.193 e. The summed E-state index contributed by atoms with van der Waals surface area (Å²) in [5, 5.41) is 3.30. The van der Waals surface area contributed by atoms with Crippen LogP contribution in [0.25, 0.3) is 0 Å². The summed E-state index contributed by atoms with van der Waals surface area (Å²) < 4.78 is 23.9. The van der Waals surface area contributed by atoms with Crippen LogP contribution >= 0.6 is 0 Å². The van der Waals surface area contributed by atoms with E-state index in [0.717, 1.165) is 19.0 Å². The Morgan fingerprint density at radius 3 is 2.24 bits per heavy atom. The molecular formula is C19H37N3O2S. The van der Waals surface area contributed by atoms with E-state index in [1.54, 1.807) is 27.8 Å². The molecule has 1 spiro atoms. The molecule has 0 aromatic carbocycles. The molecule has 2 fully saturated rings. The minimum atomic E-state index is -3.10. The zero-order valence-electron chi connectivity index (χ0n) is 16.6. The number of hydrogen-bond acceptors (Lipinski definition) is 3. The summed E-state index contributed by atoms with van der Waals surface area (Å²) in [6, 6.07) is 0. The van der Waals surface area contributed by atoms with E-state index in [1.165, 1.54) is 51.4 Å². The Kier molecular flexibility index (Phi) is 6.80. The minimum absolute atomic E-state index is 0.147. The highest BCUT2D eigenvalue weighted by atomic mass is 32.2. The van der Waals surface area contributed by atoms with Crippen LogP contribution in [0.15, 0.2) is 4.99 Å². The van der Waals surface area contributed by atoms with Gasteiger partial charge in [0.2, 0.25) is 0 Å². The maximum absolute atomic E-state index is 12.3. The van der Waals surface area contributed by atoms with Crippen molar-refractivity contribution in [1.82, 2.24) is 10.2 Å². The van der Waals surface area contributed by atoms with Gasteiger partial charge in [0.05, 0.1) is 10.5 Å². The number of sulfone groups is 1. The van der Waals surface area contributed by atoms with Crippen molar-refractivity contribution in [1.29, 1.82) is 0 Å². The van der Waals surface area contributed by atoms with Gasteiger partial charge in [-0.25, -0.2) is 8.42 Å². The molecule has 0 amide bonds. The maximum atomic E-state index is 12.3. The molecule has 1 aliphatic heterocycles. The zero-order chi connectivity index (χ0) is 18.6. The molecule has 1 heterocycles. The monoisotopic (exact) mass is 371 g/mol. The standard InChI is InChI=1S/C19H37N3O2S/c1-18(2,3)25(23,24)15-13-21-17(20-4)22-14-9-12-19(16-22)10-7-5-6-8-11-19/h5-16H2,1-4H3,(H,20,21). The number of aliphatic imine (C=N–C) groups is 1. The average molecular weight is 372 g/mol. The molecule has 6 heteroatoms. The molecule has 146 valence electrons. The van der Waals surface area contributed by atoms with Gasteiger partial charge in [0.25, 0.3) is 0 Å². The third kappa shape index (κ3) is 5.35. The lowest BCUT2D eigenvalue weighted by atomic mass is 9.74. The number of nitrogens with zero attached hydrogens (tertiary/aromatic N) is 2. The summed E-state index contributed by atoms with van der Waals surface area (Å²) in [5.74, 6) is 1.02. The van der Waals surface area contributed by atoms with Crippen molar-refractivity contribution in [2.75, 3.05) is 32.4 Å². The van der Waals surface area contributed by atoms with Crippen molar-refractivity contribution in [3.63, 3.8) is 0 Å². The van der Waals surface area contributed by atoms with Crippen molar-refractivity contribution in [3.8, 4) is 0 Å². The Labute approximate surface area is 154 Å². The Morgan fingerprint density at radius 1 is 1.08 bits per heavy atom. The van der Waals surface area contributed by atoms with Crippen LogP contribution in [0.4, 0.5) is 0 Å². The van der Waals surface area contributed by atoms with Gasteiger partial charge in [0, 0.05) is 26.7 Å². The summed E-state index contributed by atoms with van der Waals surface area (Å²) in [7, 11) is -1.30. The number of nitrogens with one attached hydrogen (secondary N) is 1. The fourth-order valence-electron chi connectivity index (χ4n) is 4.21.